The first kappa shape index (κ1) is 11.1. The monoisotopic (exact) mass is 222 g/mol. The molecule has 1 amide bonds. The number of nitrogens with one attached hydrogen (secondary N) is 1. The van der Waals surface area contributed by atoms with Gasteiger partial charge in [-0.1, -0.05) is 18.9 Å². The molecule has 0 spiro atoms. The molecule has 3 nitrogen and oxygen atoms in total. The Morgan fingerprint density at radius 3 is 2.69 bits per heavy atom. The van der Waals surface area contributed by atoms with Crippen LogP contribution in [0, 0.1) is 5.82 Å². The molecule has 1 fully saturated rings. The van der Waals surface area contributed by atoms with E-state index in [1.807, 2.05) is 0 Å². The first-order chi connectivity index (χ1) is 7.60. The third kappa shape index (κ3) is 2.22. The second-order valence-corrected chi connectivity index (χ2v) is 4.33. The molecule has 1 saturated carbocycles. The Labute approximate surface area is 93.8 Å². The van der Waals surface area contributed by atoms with Crippen LogP contribution in [0.2, 0.25) is 0 Å². The second-order valence-electron chi connectivity index (χ2n) is 4.33. The maximum Gasteiger partial charge on any atom is 0.244 e. The summed E-state index contributed by atoms with van der Waals surface area (Å²) in [6, 6.07) is 5.84. The summed E-state index contributed by atoms with van der Waals surface area (Å²) in [7, 11) is 0. The van der Waals surface area contributed by atoms with Gasteiger partial charge in [0.15, 0.2) is 0 Å². The minimum Gasteiger partial charge on any atom is -0.324 e. The summed E-state index contributed by atoms with van der Waals surface area (Å²) in [6.45, 7) is 0. The molecular weight excluding hydrogens is 207 g/mol. The van der Waals surface area contributed by atoms with Gasteiger partial charge in [-0.15, -0.1) is 0 Å². The van der Waals surface area contributed by atoms with Crippen LogP contribution in [0.4, 0.5) is 10.1 Å². The quantitative estimate of drug-likeness (QED) is 0.804. The zero-order chi connectivity index (χ0) is 11.6. The van der Waals surface area contributed by atoms with Crippen molar-refractivity contribution in [1.82, 2.24) is 0 Å². The molecule has 16 heavy (non-hydrogen) atoms. The number of halogens is 1. The van der Waals surface area contributed by atoms with E-state index in [9.17, 15) is 9.18 Å². The second kappa shape index (κ2) is 4.22. The summed E-state index contributed by atoms with van der Waals surface area (Å²) in [4.78, 5) is 11.9. The SMILES string of the molecule is NC1(C(=O)Nc2cccc(F)c2)CCCC1. The predicted octanol–water partition coefficient (Wildman–Crippen LogP) is 2.04. The summed E-state index contributed by atoms with van der Waals surface area (Å²) < 4.78 is 12.9. The van der Waals surface area contributed by atoms with Crippen LogP contribution in [0.15, 0.2) is 24.3 Å². The molecular formula is C12H15FN2O. The average Bonchev–Trinajstić information content (AvgIpc) is 2.66. The van der Waals surface area contributed by atoms with Crippen LogP contribution in [0.1, 0.15) is 25.7 Å². The highest BCUT2D eigenvalue weighted by Gasteiger charge is 2.36. The van der Waals surface area contributed by atoms with E-state index in [0.29, 0.717) is 18.5 Å². The zero-order valence-corrected chi connectivity index (χ0v) is 9.00. The van der Waals surface area contributed by atoms with E-state index in [1.165, 1.54) is 12.1 Å². The molecule has 1 aliphatic rings. The molecule has 86 valence electrons. The van der Waals surface area contributed by atoms with Crippen LogP contribution < -0.4 is 11.1 Å². The highest BCUT2D eigenvalue weighted by molar-refractivity contribution is 5.98. The normalized spacial score (nSPS) is 18.4. The van der Waals surface area contributed by atoms with Gasteiger partial charge in [-0.25, -0.2) is 4.39 Å². The van der Waals surface area contributed by atoms with E-state index in [0.717, 1.165) is 12.8 Å². The Hall–Kier alpha value is -1.42. The van der Waals surface area contributed by atoms with Gasteiger partial charge >= 0.3 is 0 Å². The van der Waals surface area contributed by atoms with Crippen LogP contribution in [0.25, 0.3) is 0 Å². The van der Waals surface area contributed by atoms with Crippen molar-refractivity contribution >= 4 is 11.6 Å². The first-order valence-corrected chi connectivity index (χ1v) is 5.46. The number of benzene rings is 1. The minimum atomic E-state index is -0.772. The van der Waals surface area contributed by atoms with Crippen molar-refractivity contribution in [3.8, 4) is 0 Å². The Kier molecular flexibility index (Phi) is 2.92. The Morgan fingerprint density at radius 1 is 1.38 bits per heavy atom. The fraction of sp³-hybridized carbons (Fsp3) is 0.417. The lowest BCUT2D eigenvalue weighted by Crippen LogP contribution is -2.48. The molecule has 0 bridgehead atoms. The van der Waals surface area contributed by atoms with Crippen molar-refractivity contribution in [1.29, 1.82) is 0 Å². The highest BCUT2D eigenvalue weighted by Crippen LogP contribution is 2.28. The van der Waals surface area contributed by atoms with Crippen molar-refractivity contribution in [2.24, 2.45) is 5.73 Å². The van der Waals surface area contributed by atoms with Gasteiger partial charge in [0.25, 0.3) is 0 Å². The van der Waals surface area contributed by atoms with Crippen LogP contribution in [0.3, 0.4) is 0 Å². The number of amides is 1. The summed E-state index contributed by atoms with van der Waals surface area (Å²) in [5, 5.41) is 2.66. The van der Waals surface area contributed by atoms with Gasteiger partial charge in [0.05, 0.1) is 5.54 Å². The number of anilines is 1. The van der Waals surface area contributed by atoms with E-state index >= 15 is 0 Å². The molecule has 0 unspecified atom stereocenters. The number of carbonyl (C=O) groups excluding carboxylic acids is 1. The molecule has 0 heterocycles. The summed E-state index contributed by atoms with van der Waals surface area (Å²) in [5.41, 5.74) is 5.67. The van der Waals surface area contributed by atoms with Gasteiger partial charge in [0.1, 0.15) is 5.82 Å². The van der Waals surface area contributed by atoms with Gasteiger partial charge in [-0.05, 0) is 31.0 Å². The smallest absolute Gasteiger partial charge is 0.244 e. The van der Waals surface area contributed by atoms with Crippen molar-refractivity contribution < 1.29 is 9.18 Å². The van der Waals surface area contributed by atoms with E-state index in [4.69, 9.17) is 5.73 Å². The maximum absolute atomic E-state index is 12.9. The lowest BCUT2D eigenvalue weighted by atomic mass is 9.98. The lowest BCUT2D eigenvalue weighted by Gasteiger charge is -2.22. The zero-order valence-electron chi connectivity index (χ0n) is 9.00. The predicted molar refractivity (Wildman–Crippen MR) is 60.4 cm³/mol. The molecule has 1 aromatic carbocycles. The molecule has 2 rings (SSSR count). The lowest BCUT2D eigenvalue weighted by molar-refractivity contribution is -0.121. The van der Waals surface area contributed by atoms with Crippen LogP contribution >= 0.6 is 0 Å². The number of rotatable bonds is 2. The van der Waals surface area contributed by atoms with E-state index in [-0.39, 0.29) is 11.7 Å². The fourth-order valence-electron chi connectivity index (χ4n) is 2.05. The third-order valence-electron chi connectivity index (χ3n) is 3.03. The van der Waals surface area contributed by atoms with Crippen LogP contribution in [-0.2, 0) is 4.79 Å². The van der Waals surface area contributed by atoms with Crippen molar-refractivity contribution in [3.63, 3.8) is 0 Å². The number of nitrogens with two attached hydrogens (primary N) is 1. The van der Waals surface area contributed by atoms with E-state index in [1.54, 1.807) is 12.1 Å². The Bertz CT molecular complexity index is 400. The third-order valence-corrected chi connectivity index (χ3v) is 3.03. The molecule has 0 aliphatic heterocycles. The van der Waals surface area contributed by atoms with Gasteiger partial charge < -0.3 is 11.1 Å². The standard InChI is InChI=1S/C12H15FN2O/c13-9-4-3-5-10(8-9)15-11(16)12(14)6-1-2-7-12/h3-5,8H,1-2,6-7,14H2,(H,15,16). The fourth-order valence-corrected chi connectivity index (χ4v) is 2.05. The van der Waals surface area contributed by atoms with Crippen LogP contribution in [-0.4, -0.2) is 11.4 Å². The first-order valence-electron chi connectivity index (χ1n) is 5.46. The van der Waals surface area contributed by atoms with Crippen molar-refractivity contribution in [3.05, 3.63) is 30.1 Å². The average molecular weight is 222 g/mol. The number of hydrogen-bond donors (Lipinski definition) is 2. The maximum atomic E-state index is 12.9. The molecule has 3 N–H and O–H groups in total. The Morgan fingerprint density at radius 2 is 2.06 bits per heavy atom. The van der Waals surface area contributed by atoms with Gasteiger partial charge in [0, 0.05) is 5.69 Å². The molecule has 0 atom stereocenters. The minimum absolute atomic E-state index is 0.212. The van der Waals surface area contributed by atoms with Gasteiger partial charge in [-0.3, -0.25) is 4.79 Å². The molecule has 1 aliphatic carbocycles. The topological polar surface area (TPSA) is 55.1 Å². The van der Waals surface area contributed by atoms with Crippen molar-refractivity contribution in [2.75, 3.05) is 5.32 Å². The van der Waals surface area contributed by atoms with E-state index < -0.39 is 5.54 Å². The van der Waals surface area contributed by atoms with E-state index in [2.05, 4.69) is 5.32 Å². The Balaban J connectivity index is 2.07. The van der Waals surface area contributed by atoms with Crippen LogP contribution in [0.5, 0.6) is 0 Å². The molecule has 0 saturated heterocycles. The summed E-state index contributed by atoms with van der Waals surface area (Å²) in [6.07, 6.45) is 3.36. The summed E-state index contributed by atoms with van der Waals surface area (Å²) >= 11 is 0. The van der Waals surface area contributed by atoms with Crippen molar-refractivity contribution in [2.45, 2.75) is 31.2 Å². The largest absolute Gasteiger partial charge is 0.324 e. The molecule has 0 aromatic heterocycles. The number of hydrogen-bond acceptors (Lipinski definition) is 2. The molecule has 4 heteroatoms. The summed E-state index contributed by atoms with van der Waals surface area (Å²) in [5.74, 6) is -0.578. The van der Waals surface area contributed by atoms with Gasteiger partial charge in [-0.2, -0.15) is 0 Å². The van der Waals surface area contributed by atoms with Gasteiger partial charge in [0.2, 0.25) is 5.91 Å². The molecule has 0 radical (unpaired) electrons. The molecule has 1 aromatic rings. The highest BCUT2D eigenvalue weighted by atomic mass is 19.1. The number of carbonyl (C=O) groups is 1.